The molecule has 6 nitrogen and oxygen atoms in total. The molecule has 0 spiro atoms. The van der Waals surface area contributed by atoms with Crippen molar-refractivity contribution in [3.05, 3.63) is 58.7 Å². The van der Waals surface area contributed by atoms with E-state index in [1.807, 2.05) is 40.0 Å². The molecule has 31 heavy (non-hydrogen) atoms. The van der Waals surface area contributed by atoms with Crippen LogP contribution in [0.3, 0.4) is 0 Å². The monoisotopic (exact) mass is 424 g/mol. The first-order valence-electron chi connectivity index (χ1n) is 11.2. The summed E-state index contributed by atoms with van der Waals surface area (Å²) in [6, 6.07) is 12.2. The molecule has 0 radical (unpaired) electrons. The lowest BCUT2D eigenvalue weighted by molar-refractivity contribution is -0.901. The van der Waals surface area contributed by atoms with E-state index in [9.17, 15) is 9.59 Å². The smallest absolute Gasteiger partial charge is 0.279 e. The average molecular weight is 425 g/mol. The third-order valence-electron chi connectivity index (χ3n) is 5.87. The van der Waals surface area contributed by atoms with Crippen molar-refractivity contribution < 1.29 is 19.4 Å². The molecule has 2 amide bonds. The number of carbonyl (C=O) groups excluding carboxylic acids is 2. The number of anilines is 2. The summed E-state index contributed by atoms with van der Waals surface area (Å²) >= 11 is 0. The van der Waals surface area contributed by atoms with Crippen molar-refractivity contribution in [3.63, 3.8) is 0 Å². The molecule has 1 aliphatic heterocycles. The molecule has 0 saturated carbocycles. The summed E-state index contributed by atoms with van der Waals surface area (Å²) in [5.41, 5.74) is 6.25. The maximum absolute atomic E-state index is 12.5. The Morgan fingerprint density at radius 2 is 1.45 bits per heavy atom. The summed E-state index contributed by atoms with van der Waals surface area (Å²) < 4.78 is 0. The van der Waals surface area contributed by atoms with E-state index >= 15 is 0 Å². The topological polar surface area (TPSA) is 67.1 Å². The van der Waals surface area contributed by atoms with Crippen LogP contribution in [-0.4, -0.2) is 45.0 Å². The molecule has 2 aromatic rings. The molecule has 6 heteroatoms. The van der Waals surface area contributed by atoms with Crippen LogP contribution in [0.5, 0.6) is 0 Å². The fraction of sp³-hybridized carbons (Fsp3) is 0.440. The zero-order valence-electron chi connectivity index (χ0n) is 19.2. The summed E-state index contributed by atoms with van der Waals surface area (Å²) in [7, 11) is 1.86. The van der Waals surface area contributed by atoms with E-state index in [4.69, 9.17) is 0 Å². The Bertz CT molecular complexity index is 895. The third-order valence-corrected chi connectivity index (χ3v) is 5.87. The average Bonchev–Trinajstić information content (AvgIpc) is 3.19. The van der Waals surface area contributed by atoms with Crippen molar-refractivity contribution in [1.82, 2.24) is 0 Å². The fourth-order valence-corrected chi connectivity index (χ4v) is 4.42. The minimum atomic E-state index is -0.0917. The van der Waals surface area contributed by atoms with Gasteiger partial charge in [0.1, 0.15) is 6.54 Å². The highest BCUT2D eigenvalue weighted by Crippen LogP contribution is 2.21. The van der Waals surface area contributed by atoms with Gasteiger partial charge in [-0.05, 0) is 44.0 Å². The van der Waals surface area contributed by atoms with Gasteiger partial charge in [0.05, 0.1) is 20.1 Å². The van der Waals surface area contributed by atoms with Gasteiger partial charge in [-0.3, -0.25) is 9.59 Å². The molecular formula is C25H36N4O2+2. The Morgan fingerprint density at radius 1 is 0.903 bits per heavy atom. The maximum Gasteiger partial charge on any atom is 0.279 e. The molecule has 1 heterocycles. The predicted molar refractivity (Wildman–Crippen MR) is 125 cm³/mol. The third kappa shape index (κ3) is 6.91. The van der Waals surface area contributed by atoms with Crippen LogP contribution in [-0.2, 0) is 16.1 Å². The van der Waals surface area contributed by atoms with E-state index < -0.39 is 0 Å². The lowest BCUT2D eigenvalue weighted by atomic mass is 10.1. The van der Waals surface area contributed by atoms with Crippen LogP contribution in [0.25, 0.3) is 0 Å². The molecule has 0 aliphatic carbocycles. The van der Waals surface area contributed by atoms with E-state index in [0.29, 0.717) is 0 Å². The zero-order valence-corrected chi connectivity index (χ0v) is 19.2. The van der Waals surface area contributed by atoms with E-state index in [1.54, 1.807) is 4.90 Å². The van der Waals surface area contributed by atoms with Gasteiger partial charge in [0.25, 0.3) is 11.8 Å². The van der Waals surface area contributed by atoms with Crippen LogP contribution in [0.1, 0.15) is 35.1 Å². The molecule has 0 bridgehead atoms. The van der Waals surface area contributed by atoms with Crippen molar-refractivity contribution in [2.24, 2.45) is 0 Å². The first kappa shape index (κ1) is 23.0. The first-order valence-corrected chi connectivity index (χ1v) is 11.2. The zero-order chi connectivity index (χ0) is 22.4. The van der Waals surface area contributed by atoms with Crippen molar-refractivity contribution in [2.75, 3.05) is 43.9 Å². The number of nitrogens with one attached hydrogen (secondary N) is 4. The predicted octanol–water partition coefficient (Wildman–Crippen LogP) is 0.882. The van der Waals surface area contributed by atoms with Crippen LogP contribution in [0, 0.1) is 20.8 Å². The summed E-state index contributed by atoms with van der Waals surface area (Å²) in [6.07, 6.45) is 2.64. The molecule has 1 atom stereocenters. The van der Waals surface area contributed by atoms with E-state index in [1.165, 1.54) is 37.1 Å². The SMILES string of the molecule is Cc1cc(C)c(NC(=O)C[NH+](C)CC(=O)Nc2ccc(C[NH+]3CCCC3)cc2)c(C)c1. The largest absolute Gasteiger partial charge is 0.331 e. The van der Waals surface area contributed by atoms with Crippen molar-refractivity contribution >= 4 is 23.2 Å². The minimum Gasteiger partial charge on any atom is -0.331 e. The first-order chi connectivity index (χ1) is 14.8. The molecule has 1 saturated heterocycles. The highest BCUT2D eigenvalue weighted by molar-refractivity contribution is 5.94. The maximum atomic E-state index is 12.5. The van der Waals surface area contributed by atoms with Crippen molar-refractivity contribution in [2.45, 2.75) is 40.2 Å². The lowest BCUT2D eigenvalue weighted by Crippen LogP contribution is -3.11. The molecule has 0 aromatic heterocycles. The number of likely N-dealkylation sites (N-methyl/N-ethyl adjacent to an activating group) is 1. The molecule has 166 valence electrons. The Morgan fingerprint density at radius 3 is 2.03 bits per heavy atom. The molecule has 4 N–H and O–H groups in total. The fourth-order valence-electron chi connectivity index (χ4n) is 4.42. The van der Waals surface area contributed by atoms with E-state index in [-0.39, 0.29) is 24.9 Å². The van der Waals surface area contributed by atoms with Crippen LogP contribution in [0.4, 0.5) is 11.4 Å². The molecule has 1 aliphatic rings. The molecule has 3 rings (SSSR count). The number of amides is 2. The van der Waals surface area contributed by atoms with Crippen LogP contribution in [0.15, 0.2) is 36.4 Å². The Hall–Kier alpha value is -2.70. The quantitative estimate of drug-likeness (QED) is 0.508. The van der Waals surface area contributed by atoms with E-state index in [0.717, 1.165) is 33.9 Å². The van der Waals surface area contributed by atoms with Gasteiger partial charge >= 0.3 is 0 Å². The Balaban J connectivity index is 1.45. The van der Waals surface area contributed by atoms with Crippen LogP contribution >= 0.6 is 0 Å². The number of carbonyl (C=O) groups is 2. The van der Waals surface area contributed by atoms with Gasteiger partial charge in [0, 0.05) is 29.8 Å². The van der Waals surface area contributed by atoms with Gasteiger partial charge in [-0.2, -0.15) is 0 Å². The number of hydrogen-bond donors (Lipinski definition) is 4. The molecule has 2 aromatic carbocycles. The molecule has 1 fully saturated rings. The number of rotatable bonds is 8. The highest BCUT2D eigenvalue weighted by Gasteiger charge is 2.17. The van der Waals surface area contributed by atoms with Gasteiger partial charge in [0.2, 0.25) is 0 Å². The van der Waals surface area contributed by atoms with Gasteiger partial charge in [0.15, 0.2) is 13.1 Å². The van der Waals surface area contributed by atoms with Crippen molar-refractivity contribution in [1.29, 1.82) is 0 Å². The normalized spacial score (nSPS) is 15.0. The standard InChI is InChI=1S/C25H34N4O2/c1-18-13-19(2)25(20(3)14-18)27-24(31)17-28(4)16-23(30)26-22-9-7-21(8-10-22)15-29-11-5-6-12-29/h7-10,13-14H,5-6,11-12,15-17H2,1-4H3,(H,26,30)(H,27,31)/p+2. The van der Waals surface area contributed by atoms with Crippen LogP contribution in [0.2, 0.25) is 0 Å². The second-order valence-electron chi connectivity index (χ2n) is 9.01. The van der Waals surface area contributed by atoms with Crippen molar-refractivity contribution in [3.8, 4) is 0 Å². The lowest BCUT2D eigenvalue weighted by Gasteiger charge is -2.16. The number of quaternary nitrogens is 2. The highest BCUT2D eigenvalue weighted by atomic mass is 16.2. The van der Waals surface area contributed by atoms with E-state index in [2.05, 4.69) is 34.9 Å². The number of benzene rings is 2. The van der Waals surface area contributed by atoms with Gasteiger partial charge in [-0.25, -0.2) is 0 Å². The molecule has 1 unspecified atom stereocenters. The van der Waals surface area contributed by atoms with Gasteiger partial charge in [-0.15, -0.1) is 0 Å². The Kier molecular flexibility index (Phi) is 7.82. The van der Waals surface area contributed by atoms with Crippen LogP contribution < -0.4 is 20.4 Å². The summed E-state index contributed by atoms with van der Waals surface area (Å²) in [5.74, 6) is -0.181. The van der Waals surface area contributed by atoms with Gasteiger partial charge in [-0.1, -0.05) is 29.8 Å². The second-order valence-corrected chi connectivity index (χ2v) is 9.01. The molecular weight excluding hydrogens is 388 g/mol. The number of hydrogen-bond acceptors (Lipinski definition) is 2. The Labute approximate surface area is 185 Å². The second kappa shape index (κ2) is 10.6. The summed E-state index contributed by atoms with van der Waals surface area (Å²) in [4.78, 5) is 27.3. The minimum absolute atomic E-state index is 0.0888. The number of likely N-dealkylation sites (tertiary alicyclic amines) is 1. The summed E-state index contributed by atoms with van der Waals surface area (Å²) in [6.45, 7) is 10.1. The van der Waals surface area contributed by atoms with Gasteiger partial charge < -0.3 is 20.4 Å². The summed E-state index contributed by atoms with van der Waals surface area (Å²) in [5, 5.41) is 5.94. The number of aryl methyl sites for hydroxylation is 3.